The molecule has 2 rings (SSSR count). The quantitative estimate of drug-likeness (QED) is 0.426. The summed E-state index contributed by atoms with van der Waals surface area (Å²) in [6.07, 6.45) is 4.47. The maximum atomic E-state index is 13.2. The standard InChI is InChI=1S/C17H24FN3O3/c18-13-8-4-7-12(10-13)16(23)21(20)17(24)15(22)14(19)9-11-5-2-1-3-6-11/h4,7-8,10-11,14-15,22H,1-3,5-6,9,19-20H2/t14-,15?/m1/s1. The number of rotatable bonds is 5. The number of imide groups is 1. The normalized spacial score (nSPS) is 18.0. The average Bonchev–Trinajstić information content (AvgIpc) is 2.60. The lowest BCUT2D eigenvalue weighted by molar-refractivity contribution is -0.139. The Morgan fingerprint density at radius 2 is 1.96 bits per heavy atom. The van der Waals surface area contributed by atoms with Gasteiger partial charge in [0.05, 0.1) is 0 Å². The van der Waals surface area contributed by atoms with E-state index in [1.54, 1.807) is 0 Å². The van der Waals surface area contributed by atoms with Gasteiger partial charge < -0.3 is 10.8 Å². The van der Waals surface area contributed by atoms with Gasteiger partial charge in [0.1, 0.15) is 11.9 Å². The van der Waals surface area contributed by atoms with Crippen molar-refractivity contribution in [1.29, 1.82) is 0 Å². The highest BCUT2D eigenvalue weighted by molar-refractivity contribution is 6.05. The average molecular weight is 337 g/mol. The molecule has 0 radical (unpaired) electrons. The Kier molecular flexibility index (Phi) is 6.42. The summed E-state index contributed by atoms with van der Waals surface area (Å²) < 4.78 is 13.2. The van der Waals surface area contributed by atoms with E-state index in [0.717, 1.165) is 31.7 Å². The summed E-state index contributed by atoms with van der Waals surface area (Å²) in [4.78, 5) is 24.3. The second-order valence-electron chi connectivity index (χ2n) is 6.37. The molecule has 2 amide bonds. The summed E-state index contributed by atoms with van der Waals surface area (Å²) in [5.74, 6) is 3.41. The smallest absolute Gasteiger partial charge is 0.275 e. The van der Waals surface area contributed by atoms with E-state index < -0.39 is 29.8 Å². The molecule has 1 aliphatic carbocycles. The molecule has 0 heterocycles. The van der Waals surface area contributed by atoms with Crippen molar-refractivity contribution in [2.75, 3.05) is 0 Å². The monoisotopic (exact) mass is 337 g/mol. The number of amides is 2. The number of aliphatic hydroxyl groups excluding tert-OH is 1. The Bertz CT molecular complexity index is 590. The predicted molar refractivity (Wildman–Crippen MR) is 86.9 cm³/mol. The highest BCUT2D eigenvalue weighted by atomic mass is 19.1. The van der Waals surface area contributed by atoms with E-state index in [0.29, 0.717) is 17.3 Å². The summed E-state index contributed by atoms with van der Waals surface area (Å²) in [6.45, 7) is 0. The van der Waals surface area contributed by atoms with Crippen LogP contribution < -0.4 is 11.6 Å². The Balaban J connectivity index is 1.96. The molecule has 1 aromatic carbocycles. The molecule has 7 heteroatoms. The lowest BCUT2D eigenvalue weighted by atomic mass is 9.84. The van der Waals surface area contributed by atoms with Crippen molar-refractivity contribution in [2.45, 2.75) is 50.7 Å². The van der Waals surface area contributed by atoms with Crippen LogP contribution in [0.25, 0.3) is 0 Å². The van der Waals surface area contributed by atoms with E-state index in [-0.39, 0.29) is 5.56 Å². The number of carbonyl (C=O) groups is 2. The van der Waals surface area contributed by atoms with Gasteiger partial charge in [-0.1, -0.05) is 38.2 Å². The van der Waals surface area contributed by atoms with Crippen molar-refractivity contribution < 1.29 is 19.1 Å². The van der Waals surface area contributed by atoms with E-state index in [1.165, 1.54) is 24.6 Å². The lowest BCUT2D eigenvalue weighted by Crippen LogP contribution is -2.53. The fourth-order valence-electron chi connectivity index (χ4n) is 3.12. The van der Waals surface area contributed by atoms with Crippen LogP contribution in [0, 0.1) is 11.7 Å². The van der Waals surface area contributed by atoms with E-state index in [4.69, 9.17) is 11.6 Å². The van der Waals surface area contributed by atoms with Crippen LogP contribution in [0.4, 0.5) is 4.39 Å². The number of hydrogen-bond acceptors (Lipinski definition) is 5. The molecular weight excluding hydrogens is 313 g/mol. The van der Waals surface area contributed by atoms with Crippen LogP contribution in [-0.4, -0.2) is 34.1 Å². The van der Waals surface area contributed by atoms with Crippen molar-refractivity contribution >= 4 is 11.8 Å². The van der Waals surface area contributed by atoms with Gasteiger partial charge in [0.2, 0.25) is 0 Å². The van der Waals surface area contributed by atoms with Crippen LogP contribution in [0.3, 0.4) is 0 Å². The van der Waals surface area contributed by atoms with Gasteiger partial charge in [-0.15, -0.1) is 0 Å². The van der Waals surface area contributed by atoms with Crippen molar-refractivity contribution in [1.82, 2.24) is 5.01 Å². The van der Waals surface area contributed by atoms with Crippen molar-refractivity contribution in [3.8, 4) is 0 Å². The third kappa shape index (κ3) is 4.59. The first-order chi connectivity index (χ1) is 11.4. The molecule has 0 spiro atoms. The lowest BCUT2D eigenvalue weighted by Gasteiger charge is -2.27. The minimum atomic E-state index is -1.56. The SMILES string of the molecule is N[C@H](CC1CCCCC1)C(O)C(=O)N(N)C(=O)c1cccc(F)c1. The maximum Gasteiger partial charge on any atom is 0.275 e. The van der Waals surface area contributed by atoms with E-state index in [9.17, 15) is 19.1 Å². The van der Waals surface area contributed by atoms with E-state index >= 15 is 0 Å². The zero-order valence-corrected chi connectivity index (χ0v) is 13.5. The van der Waals surface area contributed by atoms with Crippen LogP contribution >= 0.6 is 0 Å². The van der Waals surface area contributed by atoms with Gasteiger partial charge in [-0.3, -0.25) is 9.59 Å². The van der Waals surface area contributed by atoms with Crippen LogP contribution in [-0.2, 0) is 4.79 Å². The Labute approximate surface area is 140 Å². The zero-order chi connectivity index (χ0) is 17.7. The van der Waals surface area contributed by atoms with Gasteiger partial charge in [0.25, 0.3) is 11.8 Å². The minimum Gasteiger partial charge on any atom is -0.382 e. The molecule has 5 N–H and O–H groups in total. The van der Waals surface area contributed by atoms with Crippen LogP contribution in [0.1, 0.15) is 48.9 Å². The summed E-state index contributed by atoms with van der Waals surface area (Å²) >= 11 is 0. The number of hydrogen-bond donors (Lipinski definition) is 3. The molecule has 0 saturated heterocycles. The Morgan fingerprint density at radius 3 is 2.58 bits per heavy atom. The van der Waals surface area contributed by atoms with Crippen molar-refractivity contribution in [3.05, 3.63) is 35.6 Å². The van der Waals surface area contributed by atoms with E-state index in [1.807, 2.05) is 0 Å². The number of nitrogens with two attached hydrogens (primary N) is 2. The first-order valence-electron chi connectivity index (χ1n) is 8.22. The number of benzene rings is 1. The van der Waals surface area contributed by atoms with Gasteiger partial charge in [0.15, 0.2) is 0 Å². The number of halogens is 1. The fourth-order valence-corrected chi connectivity index (χ4v) is 3.12. The summed E-state index contributed by atoms with van der Waals surface area (Å²) in [7, 11) is 0. The third-order valence-electron chi connectivity index (χ3n) is 4.52. The van der Waals surface area contributed by atoms with Crippen LogP contribution in [0.2, 0.25) is 0 Å². The number of carbonyl (C=O) groups excluding carboxylic acids is 2. The van der Waals surface area contributed by atoms with Gasteiger partial charge in [-0.2, -0.15) is 0 Å². The molecular formula is C17H24FN3O3. The molecule has 1 aliphatic rings. The highest BCUT2D eigenvalue weighted by Crippen LogP contribution is 2.27. The second kappa shape index (κ2) is 8.32. The maximum absolute atomic E-state index is 13.2. The molecule has 1 aromatic rings. The number of aliphatic hydroxyl groups is 1. The molecule has 1 saturated carbocycles. The molecule has 24 heavy (non-hydrogen) atoms. The molecule has 1 fully saturated rings. The van der Waals surface area contributed by atoms with Gasteiger partial charge >= 0.3 is 0 Å². The largest absolute Gasteiger partial charge is 0.382 e. The third-order valence-corrected chi connectivity index (χ3v) is 4.52. The molecule has 0 aromatic heterocycles. The topological polar surface area (TPSA) is 110 Å². The minimum absolute atomic E-state index is 0.0705. The van der Waals surface area contributed by atoms with Gasteiger partial charge in [-0.25, -0.2) is 15.2 Å². The molecule has 6 nitrogen and oxygen atoms in total. The first kappa shape index (κ1) is 18.5. The Morgan fingerprint density at radius 1 is 1.29 bits per heavy atom. The first-order valence-corrected chi connectivity index (χ1v) is 8.22. The molecule has 0 bridgehead atoms. The molecule has 2 atom stereocenters. The summed E-state index contributed by atoms with van der Waals surface area (Å²) in [6, 6.07) is 4.05. The zero-order valence-electron chi connectivity index (χ0n) is 13.5. The summed E-state index contributed by atoms with van der Waals surface area (Å²) in [5.41, 5.74) is 5.85. The highest BCUT2D eigenvalue weighted by Gasteiger charge is 2.32. The van der Waals surface area contributed by atoms with Gasteiger partial charge in [0, 0.05) is 11.6 Å². The van der Waals surface area contributed by atoms with Crippen molar-refractivity contribution in [3.63, 3.8) is 0 Å². The van der Waals surface area contributed by atoms with Crippen molar-refractivity contribution in [2.24, 2.45) is 17.5 Å². The molecule has 1 unspecified atom stereocenters. The Hall–Kier alpha value is -1.83. The van der Waals surface area contributed by atoms with Crippen LogP contribution in [0.5, 0.6) is 0 Å². The number of hydrazine groups is 1. The fraction of sp³-hybridized carbons (Fsp3) is 0.529. The predicted octanol–water partition coefficient (Wildman–Crippen LogP) is 1.33. The summed E-state index contributed by atoms with van der Waals surface area (Å²) in [5, 5.41) is 10.4. The molecule has 132 valence electrons. The van der Waals surface area contributed by atoms with Gasteiger partial charge in [-0.05, 0) is 30.5 Å². The second-order valence-corrected chi connectivity index (χ2v) is 6.37. The van der Waals surface area contributed by atoms with Crippen LogP contribution in [0.15, 0.2) is 24.3 Å². The molecule has 0 aliphatic heterocycles. The van der Waals surface area contributed by atoms with E-state index in [2.05, 4.69) is 0 Å². The number of nitrogens with zero attached hydrogens (tertiary/aromatic N) is 1.